The molecule has 5 heterocycles. The fourth-order valence-corrected chi connectivity index (χ4v) is 13.4. The van der Waals surface area contributed by atoms with Gasteiger partial charge in [0, 0.05) is 0 Å². The van der Waals surface area contributed by atoms with E-state index in [0.29, 0.717) is 6.21 Å². The van der Waals surface area contributed by atoms with Crippen molar-refractivity contribution in [3.8, 4) is 5.69 Å². The molecule has 2 nitrogen and oxygen atoms in total. The molecule has 10 rings (SSSR count). The van der Waals surface area contributed by atoms with Crippen LogP contribution in [-0.4, -0.2) is 31.3 Å². The summed E-state index contributed by atoms with van der Waals surface area (Å²) in [5, 5.41) is 8.25. The summed E-state index contributed by atoms with van der Waals surface area (Å²) in [5.74, 6) is 0. The molecule has 40 heavy (non-hydrogen) atoms. The standard InChI is InChI=1S/C33H25B4N2P/c1-33(2)25-19-18-22(40(34-37(40)35-40)38-21-10-4-3-5-11-21)20-28(25)36-27-15-8-13-24-23-12-6-7-16-29(23)39(32(24)27)30-17-9-14-26(33)31(30)36/h3-20,38H,1-2H3/q-1. The molecule has 0 saturated carbocycles. The van der Waals surface area contributed by atoms with Crippen LogP contribution in [0.5, 0.6) is 0 Å². The molecular weight excluding hydrogens is 499 g/mol. The van der Waals surface area contributed by atoms with E-state index in [4.69, 9.17) is 0 Å². The zero-order chi connectivity index (χ0) is 26.5. The van der Waals surface area contributed by atoms with Crippen LogP contribution in [0.4, 0.5) is 5.69 Å². The van der Waals surface area contributed by atoms with Gasteiger partial charge in [-0.05, 0) is 0 Å². The van der Waals surface area contributed by atoms with Crippen molar-refractivity contribution in [3.63, 3.8) is 0 Å². The zero-order valence-electron chi connectivity index (χ0n) is 22.6. The van der Waals surface area contributed by atoms with Crippen LogP contribution < -0.4 is 26.8 Å². The van der Waals surface area contributed by atoms with Gasteiger partial charge in [0.2, 0.25) is 0 Å². The maximum atomic E-state index is 4.07. The van der Waals surface area contributed by atoms with Gasteiger partial charge < -0.3 is 0 Å². The van der Waals surface area contributed by atoms with Crippen molar-refractivity contribution in [2.24, 2.45) is 0 Å². The number of hydrogen-bond acceptors (Lipinski definition) is 1. The van der Waals surface area contributed by atoms with E-state index in [2.05, 4.69) is 146 Å². The van der Waals surface area contributed by atoms with Gasteiger partial charge in [-0.1, -0.05) is 0 Å². The van der Waals surface area contributed by atoms with Crippen LogP contribution in [0.1, 0.15) is 25.0 Å². The molecule has 1 N–H and O–H groups in total. The zero-order valence-corrected chi connectivity index (χ0v) is 23.5. The molecule has 0 bridgehead atoms. The van der Waals surface area contributed by atoms with E-state index >= 15 is 0 Å². The van der Waals surface area contributed by atoms with Gasteiger partial charge in [-0.2, -0.15) is 0 Å². The Morgan fingerprint density at radius 2 is 1.52 bits per heavy atom. The summed E-state index contributed by atoms with van der Waals surface area (Å²) in [5.41, 5.74) is 12.5. The Hall–Kier alpha value is -3.61. The van der Waals surface area contributed by atoms with Gasteiger partial charge in [-0.3, -0.25) is 0 Å². The van der Waals surface area contributed by atoms with Crippen LogP contribution in [0.15, 0.2) is 109 Å². The number of nitrogens with one attached hydrogen (secondary N) is 1. The Morgan fingerprint density at radius 1 is 0.775 bits per heavy atom. The molecule has 185 valence electrons. The molecule has 2 fully saturated rings. The van der Waals surface area contributed by atoms with E-state index in [-0.39, 0.29) is 12.1 Å². The van der Waals surface area contributed by atoms with Crippen LogP contribution in [0, 0.1) is 0 Å². The Bertz CT molecular complexity index is 2110. The van der Waals surface area contributed by atoms with Crippen molar-refractivity contribution in [1.29, 1.82) is 0 Å². The second-order valence-corrected chi connectivity index (χ2v) is 17.4. The first-order chi connectivity index (χ1) is 19.5. The van der Waals surface area contributed by atoms with Crippen LogP contribution in [-0.2, 0) is 5.41 Å². The Balaban J connectivity index is 1.27. The minimum atomic E-state index is -2.30. The average molecular weight is 524 g/mol. The van der Waals surface area contributed by atoms with E-state index in [1.807, 2.05) is 0 Å². The molecule has 1 aromatic heterocycles. The molecule has 3 radical (unpaired) electrons. The van der Waals surface area contributed by atoms with Crippen molar-refractivity contribution >= 4 is 82.3 Å². The molecule has 4 aliphatic heterocycles. The SMILES string of the molecule is CC1(C)c2ccc(P34(Nc5ccccc5)[B]B3[B-]4)cc2B2c3c(cccc31)-n1c3ccccc3c3cccc2c31. The third-order valence-electron chi connectivity index (χ3n) is 10.5. The van der Waals surface area contributed by atoms with Gasteiger partial charge >= 0.3 is 237 Å². The normalized spacial score (nSPS) is 20.0. The van der Waals surface area contributed by atoms with E-state index in [0.717, 1.165) is 0 Å². The van der Waals surface area contributed by atoms with Crippen molar-refractivity contribution in [1.82, 2.24) is 4.57 Å². The topological polar surface area (TPSA) is 17.0 Å². The molecule has 0 aliphatic carbocycles. The van der Waals surface area contributed by atoms with Crippen LogP contribution in [0.2, 0.25) is 0 Å². The first kappa shape index (κ1) is 22.1. The molecule has 5 aromatic carbocycles. The summed E-state index contributed by atoms with van der Waals surface area (Å²) in [6, 6.07) is 41.2. The average Bonchev–Trinajstić information content (AvgIpc) is 3.77. The molecule has 2 saturated heterocycles. The second-order valence-electron chi connectivity index (χ2n) is 12.8. The first-order valence-corrected chi connectivity index (χ1v) is 16.8. The third-order valence-corrected chi connectivity index (χ3v) is 15.5. The third kappa shape index (κ3) is 2.40. The molecule has 7 heteroatoms. The molecule has 6 aromatic rings. The van der Waals surface area contributed by atoms with Crippen LogP contribution >= 0.6 is 6.39 Å². The minimum absolute atomic E-state index is 0.0810. The van der Waals surface area contributed by atoms with E-state index in [9.17, 15) is 0 Å². The fraction of sp³-hybridized carbons (Fsp3) is 0.0909. The van der Waals surface area contributed by atoms with Gasteiger partial charge in [0.25, 0.3) is 0 Å². The monoisotopic (exact) mass is 524 g/mol. The second kappa shape index (κ2) is 6.81. The molecule has 0 atom stereocenters. The van der Waals surface area contributed by atoms with Crippen molar-refractivity contribution in [2.45, 2.75) is 19.3 Å². The van der Waals surface area contributed by atoms with E-state index in [1.54, 1.807) is 0 Å². The molecule has 4 aliphatic rings. The number of hydrogen-bond donors (Lipinski definition) is 1. The Morgan fingerprint density at radius 3 is 2.35 bits per heavy atom. The molecule has 0 unspecified atom stereocenters. The molecule has 0 amide bonds. The number of anilines is 1. The summed E-state index contributed by atoms with van der Waals surface area (Å²) in [7, 11) is 0. The summed E-state index contributed by atoms with van der Waals surface area (Å²) >= 11 is 0. The number of para-hydroxylation sites is 3. The number of rotatable bonds is 3. The fourth-order valence-electron chi connectivity index (χ4n) is 8.34. The first-order valence-electron chi connectivity index (χ1n) is 14.4. The predicted octanol–water partition coefficient (Wildman–Crippen LogP) is 4.71. The number of nitrogens with zero attached hydrogens (tertiary/aromatic N) is 1. The van der Waals surface area contributed by atoms with Crippen molar-refractivity contribution in [2.75, 3.05) is 5.09 Å². The van der Waals surface area contributed by atoms with Crippen molar-refractivity contribution in [3.05, 3.63) is 120 Å². The molecule has 0 spiro atoms. The van der Waals surface area contributed by atoms with Gasteiger partial charge in [0.15, 0.2) is 0 Å². The molecular formula is C33H25B4N2P-. The summed E-state index contributed by atoms with van der Waals surface area (Å²) in [4.78, 5) is 0. The summed E-state index contributed by atoms with van der Waals surface area (Å²) < 4.78 is 2.55. The Kier molecular flexibility index (Phi) is 3.77. The van der Waals surface area contributed by atoms with Gasteiger partial charge in [0.1, 0.15) is 0 Å². The number of benzene rings is 5. The van der Waals surface area contributed by atoms with Gasteiger partial charge in [0.05, 0.1) is 0 Å². The number of fused-ring (bicyclic) bond motifs is 8. The predicted molar refractivity (Wildman–Crippen MR) is 178 cm³/mol. The van der Waals surface area contributed by atoms with E-state index < -0.39 is 6.39 Å². The van der Waals surface area contributed by atoms with Crippen molar-refractivity contribution < 1.29 is 0 Å². The summed E-state index contributed by atoms with van der Waals surface area (Å²) in [6.07, 6.45) is -1.69. The van der Waals surface area contributed by atoms with Crippen LogP contribution in [0.3, 0.4) is 0 Å². The van der Waals surface area contributed by atoms with Crippen LogP contribution in [0.25, 0.3) is 27.5 Å². The maximum absolute atomic E-state index is 4.07. The Labute approximate surface area is 236 Å². The van der Waals surface area contributed by atoms with E-state index in [1.165, 1.54) is 66.0 Å². The summed E-state index contributed by atoms with van der Waals surface area (Å²) in [6.45, 7) is 10.3. The van der Waals surface area contributed by atoms with Gasteiger partial charge in [-0.15, -0.1) is 0 Å². The number of aromatic nitrogens is 1. The quantitative estimate of drug-likeness (QED) is 0.262. The van der Waals surface area contributed by atoms with Gasteiger partial charge in [-0.25, -0.2) is 0 Å².